The highest BCUT2D eigenvalue weighted by atomic mass is 127. The smallest absolute Gasteiger partial charge is 0.291 e. The van der Waals surface area contributed by atoms with Crippen molar-refractivity contribution >= 4 is 47.4 Å². The Hall–Kier alpha value is -2.56. The van der Waals surface area contributed by atoms with E-state index in [1.54, 1.807) is 24.1 Å². The Morgan fingerprint density at radius 2 is 1.78 bits per heavy atom. The van der Waals surface area contributed by atoms with Crippen molar-refractivity contribution < 1.29 is 14.0 Å². The molecule has 0 radical (unpaired) electrons. The molecule has 1 saturated carbocycles. The molecule has 2 aromatic rings. The van der Waals surface area contributed by atoms with Crippen molar-refractivity contribution in [1.82, 2.24) is 15.5 Å². The van der Waals surface area contributed by atoms with Crippen molar-refractivity contribution in [3.63, 3.8) is 0 Å². The number of rotatable bonds is 7. The summed E-state index contributed by atoms with van der Waals surface area (Å²) >= 11 is 0. The van der Waals surface area contributed by atoms with Gasteiger partial charge in [0.1, 0.15) is 0 Å². The number of hydrogen-bond acceptors (Lipinski definition) is 4. The molecule has 9 heteroatoms. The molecule has 3 N–H and O–H groups in total. The second kappa shape index (κ2) is 11.9. The average Bonchev–Trinajstić information content (AvgIpc) is 3.47. The summed E-state index contributed by atoms with van der Waals surface area (Å²) < 4.78 is 5.10. The van der Waals surface area contributed by atoms with Crippen LogP contribution in [0.1, 0.15) is 41.8 Å². The molecule has 1 aromatic heterocycles. The molecule has 0 saturated heterocycles. The number of guanidine groups is 1. The molecule has 0 spiro atoms. The van der Waals surface area contributed by atoms with Crippen molar-refractivity contribution in [2.45, 2.75) is 32.2 Å². The lowest BCUT2D eigenvalue weighted by Crippen LogP contribution is -2.49. The lowest BCUT2D eigenvalue weighted by Gasteiger charge is -2.31. The van der Waals surface area contributed by atoms with Crippen LogP contribution < -0.4 is 16.0 Å². The van der Waals surface area contributed by atoms with Gasteiger partial charge in [0.05, 0.1) is 11.7 Å². The van der Waals surface area contributed by atoms with Crippen molar-refractivity contribution in [3.8, 4) is 0 Å². The van der Waals surface area contributed by atoms with Gasteiger partial charge in [0.2, 0.25) is 5.91 Å². The molecule has 2 amide bonds. The number of carbonyl (C=O) groups is 2. The highest BCUT2D eigenvalue weighted by Gasteiger charge is 2.42. The third-order valence-electron chi connectivity index (χ3n) is 5.66. The maximum Gasteiger partial charge on any atom is 0.291 e. The highest BCUT2D eigenvalue weighted by Crippen LogP contribution is 2.38. The summed E-state index contributed by atoms with van der Waals surface area (Å²) in [5.74, 6) is 0.829. The predicted molar refractivity (Wildman–Crippen MR) is 136 cm³/mol. The van der Waals surface area contributed by atoms with Crippen LogP contribution in [0.15, 0.2) is 52.1 Å². The number of amides is 2. The third-order valence-corrected chi connectivity index (χ3v) is 5.66. The predicted octanol–water partition coefficient (Wildman–Crippen LogP) is 3.46. The summed E-state index contributed by atoms with van der Waals surface area (Å²) in [4.78, 5) is 30.7. The van der Waals surface area contributed by atoms with Crippen LogP contribution in [0.25, 0.3) is 0 Å². The van der Waals surface area contributed by atoms with E-state index in [0.717, 1.165) is 31.2 Å². The minimum atomic E-state index is -0.352. The zero-order valence-electron chi connectivity index (χ0n) is 18.8. The van der Waals surface area contributed by atoms with Crippen molar-refractivity contribution in [3.05, 3.63) is 54.0 Å². The molecule has 0 unspecified atom stereocenters. The van der Waals surface area contributed by atoms with Gasteiger partial charge in [-0.2, -0.15) is 0 Å². The zero-order chi connectivity index (χ0) is 22.3. The van der Waals surface area contributed by atoms with E-state index < -0.39 is 0 Å². The minimum Gasteiger partial charge on any atom is -0.459 e. The lowest BCUT2D eigenvalue weighted by molar-refractivity contribution is -0.138. The van der Waals surface area contributed by atoms with Crippen LogP contribution in [-0.2, 0) is 11.3 Å². The minimum absolute atomic E-state index is 0. The molecule has 174 valence electrons. The van der Waals surface area contributed by atoms with E-state index in [1.807, 2.05) is 38.4 Å². The van der Waals surface area contributed by atoms with E-state index in [2.05, 4.69) is 20.9 Å². The van der Waals surface area contributed by atoms with Gasteiger partial charge in [0.25, 0.3) is 5.91 Å². The van der Waals surface area contributed by atoms with Gasteiger partial charge in [-0.1, -0.05) is 25.0 Å². The fraction of sp³-hybridized carbons (Fsp3) is 0.435. The van der Waals surface area contributed by atoms with Crippen LogP contribution in [0.2, 0.25) is 0 Å². The topological polar surface area (TPSA) is 99.0 Å². The monoisotopic (exact) mass is 553 g/mol. The maximum atomic E-state index is 12.7. The molecule has 8 nitrogen and oxygen atoms in total. The van der Waals surface area contributed by atoms with Crippen molar-refractivity contribution in [1.29, 1.82) is 0 Å². The summed E-state index contributed by atoms with van der Waals surface area (Å²) in [6.07, 6.45) is 5.43. The molecule has 32 heavy (non-hydrogen) atoms. The van der Waals surface area contributed by atoms with Crippen LogP contribution >= 0.6 is 24.0 Å². The lowest BCUT2D eigenvalue weighted by atomic mass is 9.84. The number of hydrogen-bond donors (Lipinski definition) is 3. The van der Waals surface area contributed by atoms with E-state index in [0.29, 0.717) is 24.7 Å². The fourth-order valence-corrected chi connectivity index (χ4v) is 3.96. The Kier molecular flexibility index (Phi) is 9.55. The average molecular weight is 553 g/mol. The van der Waals surface area contributed by atoms with Gasteiger partial charge in [-0.3, -0.25) is 14.6 Å². The molecule has 1 fully saturated rings. The van der Waals surface area contributed by atoms with Crippen LogP contribution in [0.3, 0.4) is 0 Å². The van der Waals surface area contributed by atoms with Crippen molar-refractivity contribution in [2.24, 2.45) is 10.4 Å². The van der Waals surface area contributed by atoms with E-state index in [1.165, 1.54) is 6.26 Å². The van der Waals surface area contributed by atoms with Crippen LogP contribution in [0.4, 0.5) is 5.69 Å². The molecular weight excluding hydrogens is 521 g/mol. The number of carbonyl (C=O) groups excluding carboxylic acids is 2. The number of aliphatic imine (C=N–C) groups is 1. The maximum absolute atomic E-state index is 12.7. The number of nitrogens with zero attached hydrogens (tertiary/aromatic N) is 2. The number of benzene rings is 1. The molecule has 0 atom stereocenters. The largest absolute Gasteiger partial charge is 0.459 e. The molecule has 0 aliphatic heterocycles. The van der Waals surface area contributed by atoms with Gasteiger partial charge in [-0.15, -0.1) is 24.0 Å². The standard InChI is InChI=1S/C23H31N5O3.HI/c1-24-22(26-16-23(12-4-5-13-23)21(30)28(2)3)25-15-17-8-10-18(11-9-17)27-20(29)19-7-6-14-31-19;/h6-11,14H,4-5,12-13,15-16H2,1-3H3,(H,27,29)(H2,24,25,26);1H. The third kappa shape index (κ3) is 6.47. The zero-order valence-corrected chi connectivity index (χ0v) is 21.1. The Bertz CT molecular complexity index is 904. The fourth-order valence-electron chi connectivity index (χ4n) is 3.96. The van der Waals surface area contributed by atoms with Crippen LogP contribution in [0.5, 0.6) is 0 Å². The van der Waals surface area contributed by atoms with Crippen LogP contribution in [0, 0.1) is 5.41 Å². The summed E-state index contributed by atoms with van der Waals surface area (Å²) in [7, 11) is 5.35. The number of furan rings is 1. The number of nitrogens with one attached hydrogen (secondary N) is 3. The SMILES string of the molecule is CN=C(NCc1ccc(NC(=O)c2ccco2)cc1)NCC1(C(=O)N(C)C)CCCC1.I. The molecule has 1 aliphatic rings. The van der Waals surface area contributed by atoms with Gasteiger partial charge in [-0.05, 0) is 42.7 Å². The normalized spacial score (nSPS) is 14.9. The number of anilines is 1. The summed E-state index contributed by atoms with van der Waals surface area (Å²) in [6, 6.07) is 10.9. The number of halogens is 1. The Morgan fingerprint density at radius 3 is 2.34 bits per heavy atom. The van der Waals surface area contributed by atoms with Gasteiger partial charge in [-0.25, -0.2) is 0 Å². The molecule has 0 bridgehead atoms. The van der Waals surface area contributed by atoms with Gasteiger partial charge >= 0.3 is 0 Å². The summed E-state index contributed by atoms with van der Waals surface area (Å²) in [6.45, 7) is 1.14. The van der Waals surface area contributed by atoms with E-state index in [4.69, 9.17) is 4.42 Å². The van der Waals surface area contributed by atoms with Crippen molar-refractivity contribution in [2.75, 3.05) is 33.0 Å². The molecule has 1 aromatic carbocycles. The van der Waals surface area contributed by atoms with E-state index >= 15 is 0 Å². The van der Waals surface area contributed by atoms with Gasteiger partial charge < -0.3 is 25.3 Å². The van der Waals surface area contributed by atoms with E-state index in [-0.39, 0.29) is 47.0 Å². The van der Waals surface area contributed by atoms with Gasteiger partial charge in [0.15, 0.2) is 11.7 Å². The second-order valence-electron chi connectivity index (χ2n) is 8.09. The first kappa shape index (κ1) is 25.7. The quantitative estimate of drug-likeness (QED) is 0.277. The Labute approximate surface area is 206 Å². The van der Waals surface area contributed by atoms with Gasteiger partial charge in [0, 0.05) is 39.9 Å². The first-order valence-corrected chi connectivity index (χ1v) is 10.5. The Balaban J connectivity index is 0.00000363. The van der Waals surface area contributed by atoms with E-state index in [9.17, 15) is 9.59 Å². The summed E-state index contributed by atoms with van der Waals surface area (Å²) in [5, 5.41) is 9.42. The van der Waals surface area contributed by atoms with Crippen LogP contribution in [-0.4, -0.2) is 50.4 Å². The molecule has 3 rings (SSSR count). The Morgan fingerprint density at radius 1 is 1.09 bits per heavy atom. The molecular formula is C23H32IN5O3. The summed E-state index contributed by atoms with van der Waals surface area (Å²) in [5.41, 5.74) is 1.38. The molecule has 1 aliphatic carbocycles. The second-order valence-corrected chi connectivity index (χ2v) is 8.09. The first-order chi connectivity index (χ1) is 14.9. The highest BCUT2D eigenvalue weighted by molar-refractivity contribution is 14.0. The molecule has 1 heterocycles. The first-order valence-electron chi connectivity index (χ1n) is 10.5.